The van der Waals surface area contributed by atoms with Crippen molar-refractivity contribution in [3.8, 4) is 0 Å². The van der Waals surface area contributed by atoms with Gasteiger partial charge >= 0.3 is 0 Å². The standard InChI is InChI=1S/C16H19NO2S/c1-13-8-7-11-16(14(13)2)17(20(3,18)19)12-15-9-5-4-6-10-15/h4-11H,12H2,1-3H3. The average Bonchev–Trinajstić information content (AvgIpc) is 2.40. The van der Waals surface area contributed by atoms with Gasteiger partial charge in [-0.05, 0) is 36.6 Å². The Hall–Kier alpha value is -1.81. The van der Waals surface area contributed by atoms with Crippen molar-refractivity contribution in [1.29, 1.82) is 0 Å². The number of benzene rings is 2. The van der Waals surface area contributed by atoms with Crippen LogP contribution in [0.1, 0.15) is 16.7 Å². The van der Waals surface area contributed by atoms with Gasteiger partial charge in [0, 0.05) is 0 Å². The first-order valence-corrected chi connectivity index (χ1v) is 8.32. The molecule has 0 aliphatic carbocycles. The molecule has 4 heteroatoms. The van der Waals surface area contributed by atoms with Crippen LogP contribution in [0.5, 0.6) is 0 Å². The fourth-order valence-electron chi connectivity index (χ4n) is 2.14. The van der Waals surface area contributed by atoms with Crippen LogP contribution in [0.25, 0.3) is 0 Å². The summed E-state index contributed by atoms with van der Waals surface area (Å²) in [4.78, 5) is 0. The SMILES string of the molecule is Cc1cccc(N(Cc2ccccc2)S(C)(=O)=O)c1C. The summed E-state index contributed by atoms with van der Waals surface area (Å²) in [6.07, 6.45) is 1.25. The second kappa shape index (κ2) is 5.67. The first-order valence-electron chi connectivity index (χ1n) is 6.47. The molecule has 0 radical (unpaired) electrons. The largest absolute Gasteiger partial charge is 0.266 e. The van der Waals surface area contributed by atoms with Crippen molar-refractivity contribution in [1.82, 2.24) is 0 Å². The lowest BCUT2D eigenvalue weighted by Gasteiger charge is -2.25. The molecule has 0 amide bonds. The van der Waals surface area contributed by atoms with Gasteiger partial charge in [-0.15, -0.1) is 0 Å². The van der Waals surface area contributed by atoms with Crippen molar-refractivity contribution in [2.75, 3.05) is 10.6 Å². The maximum atomic E-state index is 12.1. The third kappa shape index (κ3) is 3.20. The van der Waals surface area contributed by atoms with Crippen LogP contribution in [0.3, 0.4) is 0 Å². The number of hydrogen-bond donors (Lipinski definition) is 0. The number of sulfonamides is 1. The van der Waals surface area contributed by atoms with E-state index in [1.807, 2.05) is 62.4 Å². The molecule has 0 saturated heterocycles. The van der Waals surface area contributed by atoms with E-state index in [2.05, 4.69) is 0 Å². The van der Waals surface area contributed by atoms with E-state index in [9.17, 15) is 8.42 Å². The van der Waals surface area contributed by atoms with Gasteiger partial charge in [0.1, 0.15) is 0 Å². The zero-order chi connectivity index (χ0) is 14.8. The molecule has 0 N–H and O–H groups in total. The molecule has 0 heterocycles. The van der Waals surface area contributed by atoms with Crippen LogP contribution in [0.4, 0.5) is 5.69 Å². The molecule has 0 saturated carbocycles. The molecule has 0 spiro atoms. The lowest BCUT2D eigenvalue weighted by molar-refractivity contribution is 0.596. The van der Waals surface area contributed by atoms with E-state index in [1.54, 1.807) is 0 Å². The fraction of sp³-hybridized carbons (Fsp3) is 0.250. The highest BCUT2D eigenvalue weighted by molar-refractivity contribution is 7.92. The van der Waals surface area contributed by atoms with E-state index >= 15 is 0 Å². The van der Waals surface area contributed by atoms with Gasteiger partial charge in [0.15, 0.2) is 0 Å². The predicted molar refractivity (Wildman–Crippen MR) is 83.4 cm³/mol. The molecule has 0 unspecified atom stereocenters. The maximum Gasteiger partial charge on any atom is 0.232 e. The van der Waals surface area contributed by atoms with Crippen LogP contribution in [-0.2, 0) is 16.6 Å². The van der Waals surface area contributed by atoms with Crippen molar-refractivity contribution in [2.24, 2.45) is 0 Å². The van der Waals surface area contributed by atoms with Gasteiger partial charge in [-0.3, -0.25) is 4.31 Å². The zero-order valence-corrected chi connectivity index (χ0v) is 12.8. The number of rotatable bonds is 4. The molecule has 2 aromatic carbocycles. The van der Waals surface area contributed by atoms with Gasteiger partial charge in [-0.25, -0.2) is 8.42 Å². The van der Waals surface area contributed by atoms with Crippen molar-refractivity contribution in [3.05, 3.63) is 65.2 Å². The first-order chi connectivity index (χ1) is 9.39. The molecule has 2 aromatic rings. The fourth-order valence-corrected chi connectivity index (χ4v) is 3.07. The normalized spacial score (nSPS) is 11.3. The van der Waals surface area contributed by atoms with Crippen LogP contribution in [0.15, 0.2) is 48.5 Å². The van der Waals surface area contributed by atoms with E-state index in [0.717, 1.165) is 22.4 Å². The van der Waals surface area contributed by atoms with Crippen molar-refractivity contribution in [3.63, 3.8) is 0 Å². The minimum Gasteiger partial charge on any atom is -0.266 e. The van der Waals surface area contributed by atoms with Crippen LogP contribution >= 0.6 is 0 Å². The Kier molecular flexibility index (Phi) is 4.14. The molecule has 0 atom stereocenters. The monoisotopic (exact) mass is 289 g/mol. The summed E-state index contributed by atoms with van der Waals surface area (Å²) >= 11 is 0. The van der Waals surface area contributed by atoms with Crippen LogP contribution in [-0.4, -0.2) is 14.7 Å². The highest BCUT2D eigenvalue weighted by Gasteiger charge is 2.19. The van der Waals surface area contributed by atoms with E-state index in [0.29, 0.717) is 6.54 Å². The molecule has 3 nitrogen and oxygen atoms in total. The predicted octanol–water partition coefficient (Wildman–Crippen LogP) is 3.27. The highest BCUT2D eigenvalue weighted by Crippen LogP contribution is 2.26. The molecule has 20 heavy (non-hydrogen) atoms. The summed E-state index contributed by atoms with van der Waals surface area (Å²) in [5.74, 6) is 0. The van der Waals surface area contributed by atoms with E-state index < -0.39 is 10.0 Å². The summed E-state index contributed by atoms with van der Waals surface area (Å²) in [6, 6.07) is 15.4. The summed E-state index contributed by atoms with van der Waals surface area (Å²) in [6.45, 7) is 4.29. The lowest BCUT2D eigenvalue weighted by Crippen LogP contribution is -2.30. The van der Waals surface area contributed by atoms with Gasteiger partial charge < -0.3 is 0 Å². The molecular weight excluding hydrogens is 270 g/mol. The van der Waals surface area contributed by atoms with Crippen LogP contribution < -0.4 is 4.31 Å². The molecular formula is C16H19NO2S. The topological polar surface area (TPSA) is 37.4 Å². The van der Waals surface area contributed by atoms with Gasteiger partial charge in [-0.2, -0.15) is 0 Å². The van der Waals surface area contributed by atoms with Gasteiger partial charge in [-0.1, -0.05) is 42.5 Å². The number of anilines is 1. The second-order valence-electron chi connectivity index (χ2n) is 4.97. The molecule has 0 bridgehead atoms. The van der Waals surface area contributed by atoms with Gasteiger partial charge in [0.25, 0.3) is 0 Å². The van der Waals surface area contributed by atoms with E-state index in [1.165, 1.54) is 10.6 Å². The van der Waals surface area contributed by atoms with Gasteiger partial charge in [0.2, 0.25) is 10.0 Å². The summed E-state index contributed by atoms with van der Waals surface area (Å²) in [7, 11) is -3.32. The molecule has 0 aliphatic heterocycles. The maximum absolute atomic E-state index is 12.1. The Bertz CT molecular complexity index is 694. The summed E-state index contributed by atoms with van der Waals surface area (Å²) in [5, 5.41) is 0. The highest BCUT2D eigenvalue weighted by atomic mass is 32.2. The molecule has 0 aromatic heterocycles. The third-order valence-corrected chi connectivity index (χ3v) is 4.54. The second-order valence-corrected chi connectivity index (χ2v) is 6.88. The zero-order valence-electron chi connectivity index (χ0n) is 12.0. The lowest BCUT2D eigenvalue weighted by atomic mass is 10.1. The minimum absolute atomic E-state index is 0.351. The number of aryl methyl sites for hydroxylation is 1. The Morgan fingerprint density at radius 2 is 1.60 bits per heavy atom. The number of nitrogens with zero attached hydrogens (tertiary/aromatic N) is 1. The van der Waals surface area contributed by atoms with Crippen molar-refractivity contribution in [2.45, 2.75) is 20.4 Å². The molecule has 2 rings (SSSR count). The summed E-state index contributed by atoms with van der Waals surface area (Å²) < 4.78 is 25.7. The molecule has 106 valence electrons. The average molecular weight is 289 g/mol. The van der Waals surface area contributed by atoms with Crippen molar-refractivity contribution < 1.29 is 8.42 Å². The van der Waals surface area contributed by atoms with Crippen LogP contribution in [0, 0.1) is 13.8 Å². The van der Waals surface area contributed by atoms with E-state index in [4.69, 9.17) is 0 Å². The number of hydrogen-bond acceptors (Lipinski definition) is 2. The quantitative estimate of drug-likeness (QED) is 0.866. The Morgan fingerprint density at radius 1 is 0.950 bits per heavy atom. The van der Waals surface area contributed by atoms with Crippen LogP contribution in [0.2, 0.25) is 0 Å². The summed E-state index contributed by atoms with van der Waals surface area (Å²) in [5.41, 5.74) is 3.80. The Balaban J connectivity index is 2.47. The molecule has 0 fully saturated rings. The minimum atomic E-state index is -3.32. The van der Waals surface area contributed by atoms with Crippen molar-refractivity contribution >= 4 is 15.7 Å². The molecule has 0 aliphatic rings. The Morgan fingerprint density at radius 3 is 2.20 bits per heavy atom. The smallest absolute Gasteiger partial charge is 0.232 e. The Labute approximate surface area is 120 Å². The first kappa shape index (κ1) is 14.6. The van der Waals surface area contributed by atoms with Gasteiger partial charge in [0.05, 0.1) is 18.5 Å². The van der Waals surface area contributed by atoms with E-state index in [-0.39, 0.29) is 0 Å². The third-order valence-electron chi connectivity index (χ3n) is 3.41.